The first-order chi connectivity index (χ1) is 6.30. The molecule has 0 spiro atoms. The highest BCUT2D eigenvalue weighted by Crippen LogP contribution is 2.49. The van der Waals surface area contributed by atoms with Crippen molar-refractivity contribution in [3.8, 4) is 0 Å². The summed E-state index contributed by atoms with van der Waals surface area (Å²) in [5, 5.41) is 0. The van der Waals surface area contributed by atoms with Crippen LogP contribution in [0.5, 0.6) is 0 Å². The van der Waals surface area contributed by atoms with Gasteiger partial charge in [-0.3, -0.25) is 0 Å². The van der Waals surface area contributed by atoms with Crippen LogP contribution in [0.1, 0.15) is 25.7 Å². The molecular weight excluding hydrogens is 166 g/mol. The fourth-order valence-corrected chi connectivity index (χ4v) is 2.78. The Hall–Kier alpha value is -0.120. The van der Waals surface area contributed by atoms with Gasteiger partial charge in [0.25, 0.3) is 0 Å². The second-order valence-electron chi connectivity index (χ2n) is 4.34. The van der Waals surface area contributed by atoms with Crippen molar-refractivity contribution in [3.63, 3.8) is 0 Å². The third kappa shape index (κ3) is 1.49. The van der Waals surface area contributed by atoms with Crippen LogP contribution < -0.4 is 5.73 Å². The summed E-state index contributed by atoms with van der Waals surface area (Å²) in [6.07, 6.45) is 5.55. The van der Waals surface area contributed by atoms with E-state index in [2.05, 4.69) is 0 Å². The molecule has 0 aromatic heterocycles. The van der Waals surface area contributed by atoms with Crippen LogP contribution in [0.2, 0.25) is 0 Å². The van der Waals surface area contributed by atoms with Gasteiger partial charge in [-0.2, -0.15) is 0 Å². The van der Waals surface area contributed by atoms with Gasteiger partial charge >= 0.3 is 0 Å². The maximum atomic E-state index is 5.86. The number of rotatable bonds is 4. The summed E-state index contributed by atoms with van der Waals surface area (Å²) in [6, 6.07) is 0. The lowest BCUT2D eigenvalue weighted by Gasteiger charge is -2.33. The lowest BCUT2D eigenvalue weighted by atomic mass is 9.72. The number of methoxy groups -OCH3 is 1. The van der Waals surface area contributed by atoms with Crippen LogP contribution in [0.4, 0.5) is 0 Å². The molecule has 0 amide bonds. The van der Waals surface area contributed by atoms with Gasteiger partial charge in [-0.1, -0.05) is 0 Å². The third-order valence-electron chi connectivity index (χ3n) is 3.64. The van der Waals surface area contributed by atoms with Crippen molar-refractivity contribution >= 4 is 0 Å². The monoisotopic (exact) mass is 185 g/mol. The van der Waals surface area contributed by atoms with Gasteiger partial charge in [-0.05, 0) is 25.7 Å². The van der Waals surface area contributed by atoms with Crippen molar-refractivity contribution in [2.75, 3.05) is 20.3 Å². The van der Waals surface area contributed by atoms with Crippen LogP contribution in [0.15, 0.2) is 0 Å². The maximum Gasteiger partial charge on any atom is 0.0649 e. The number of hydrogen-bond donors (Lipinski definition) is 1. The molecule has 3 atom stereocenters. The molecule has 2 heterocycles. The topological polar surface area (TPSA) is 44.5 Å². The van der Waals surface area contributed by atoms with Crippen LogP contribution in [-0.4, -0.2) is 32.5 Å². The largest absolute Gasteiger partial charge is 0.385 e. The fourth-order valence-electron chi connectivity index (χ4n) is 2.78. The van der Waals surface area contributed by atoms with Gasteiger partial charge in [-0.15, -0.1) is 0 Å². The minimum absolute atomic E-state index is 0.235. The molecule has 0 saturated carbocycles. The summed E-state index contributed by atoms with van der Waals surface area (Å²) in [5.74, 6) is 0. The van der Waals surface area contributed by atoms with Crippen molar-refractivity contribution in [3.05, 3.63) is 0 Å². The maximum absolute atomic E-state index is 5.86. The van der Waals surface area contributed by atoms with E-state index in [1.165, 1.54) is 12.8 Å². The molecule has 2 N–H and O–H groups in total. The number of hydrogen-bond acceptors (Lipinski definition) is 3. The van der Waals surface area contributed by atoms with Gasteiger partial charge < -0.3 is 15.2 Å². The zero-order valence-electron chi connectivity index (χ0n) is 8.29. The molecule has 2 bridgehead atoms. The first-order valence-electron chi connectivity index (χ1n) is 5.15. The molecule has 2 rings (SSSR count). The number of ether oxygens (including phenoxy) is 2. The van der Waals surface area contributed by atoms with E-state index in [1.54, 1.807) is 7.11 Å². The highest BCUT2D eigenvalue weighted by molar-refractivity contribution is 5.00. The Bertz CT molecular complexity index is 186. The van der Waals surface area contributed by atoms with E-state index < -0.39 is 0 Å². The Kier molecular flexibility index (Phi) is 2.58. The first-order valence-corrected chi connectivity index (χ1v) is 5.15. The van der Waals surface area contributed by atoms with Crippen LogP contribution >= 0.6 is 0 Å². The van der Waals surface area contributed by atoms with Gasteiger partial charge in [0.05, 0.1) is 12.2 Å². The van der Waals surface area contributed by atoms with Crippen LogP contribution in [0.3, 0.4) is 0 Å². The van der Waals surface area contributed by atoms with E-state index in [0.717, 1.165) is 26.0 Å². The molecule has 0 aliphatic carbocycles. The standard InChI is InChI=1S/C10H19NO2/c1-12-5-4-10(7-11)6-8-2-3-9(10)13-8/h8-9H,2-7,11H2,1H3. The van der Waals surface area contributed by atoms with E-state index >= 15 is 0 Å². The highest BCUT2D eigenvalue weighted by atomic mass is 16.5. The van der Waals surface area contributed by atoms with Gasteiger partial charge in [0.2, 0.25) is 0 Å². The average Bonchev–Trinajstić information content (AvgIpc) is 2.74. The summed E-state index contributed by atoms with van der Waals surface area (Å²) >= 11 is 0. The van der Waals surface area contributed by atoms with Crippen molar-refractivity contribution in [2.24, 2.45) is 11.1 Å². The summed E-state index contributed by atoms with van der Waals surface area (Å²) in [5.41, 5.74) is 6.10. The zero-order chi connectivity index (χ0) is 9.31. The number of nitrogens with two attached hydrogens (primary N) is 1. The smallest absolute Gasteiger partial charge is 0.0649 e. The predicted octanol–water partition coefficient (Wildman–Crippen LogP) is 0.919. The lowest BCUT2D eigenvalue weighted by molar-refractivity contribution is 0.0453. The Morgan fingerprint density at radius 1 is 1.54 bits per heavy atom. The van der Waals surface area contributed by atoms with Gasteiger partial charge in [0.15, 0.2) is 0 Å². The molecule has 0 radical (unpaired) electrons. The molecule has 76 valence electrons. The van der Waals surface area contributed by atoms with E-state index in [1.807, 2.05) is 0 Å². The van der Waals surface area contributed by atoms with E-state index in [-0.39, 0.29) is 5.41 Å². The number of fused-ring (bicyclic) bond motifs is 2. The molecule has 3 nitrogen and oxygen atoms in total. The molecule has 3 unspecified atom stereocenters. The van der Waals surface area contributed by atoms with Crippen LogP contribution in [-0.2, 0) is 9.47 Å². The van der Waals surface area contributed by atoms with Crippen molar-refractivity contribution in [2.45, 2.75) is 37.9 Å². The Morgan fingerprint density at radius 2 is 2.38 bits per heavy atom. The Labute approximate surface area is 79.6 Å². The van der Waals surface area contributed by atoms with Crippen LogP contribution in [0.25, 0.3) is 0 Å². The predicted molar refractivity (Wildman–Crippen MR) is 50.5 cm³/mol. The molecule has 2 aliphatic rings. The molecule has 3 heteroatoms. The van der Waals surface area contributed by atoms with E-state index in [0.29, 0.717) is 12.2 Å². The fraction of sp³-hybridized carbons (Fsp3) is 1.00. The van der Waals surface area contributed by atoms with Crippen molar-refractivity contribution in [1.29, 1.82) is 0 Å². The molecule has 2 saturated heterocycles. The SMILES string of the molecule is COCCC1(CN)CC2CCC1O2. The quantitative estimate of drug-likeness (QED) is 0.708. The van der Waals surface area contributed by atoms with E-state index in [4.69, 9.17) is 15.2 Å². The molecule has 13 heavy (non-hydrogen) atoms. The van der Waals surface area contributed by atoms with Gasteiger partial charge in [0, 0.05) is 25.7 Å². The molecule has 0 aromatic carbocycles. The molecule has 2 fully saturated rings. The zero-order valence-corrected chi connectivity index (χ0v) is 8.29. The first kappa shape index (κ1) is 9.44. The van der Waals surface area contributed by atoms with E-state index in [9.17, 15) is 0 Å². The summed E-state index contributed by atoms with van der Waals surface area (Å²) in [4.78, 5) is 0. The minimum Gasteiger partial charge on any atom is -0.385 e. The second-order valence-corrected chi connectivity index (χ2v) is 4.34. The Balaban J connectivity index is 1.99. The molecule has 2 aliphatic heterocycles. The van der Waals surface area contributed by atoms with Crippen molar-refractivity contribution < 1.29 is 9.47 Å². The Morgan fingerprint density at radius 3 is 2.85 bits per heavy atom. The minimum atomic E-state index is 0.235. The lowest BCUT2D eigenvalue weighted by Crippen LogP contribution is -2.40. The third-order valence-corrected chi connectivity index (χ3v) is 3.64. The summed E-state index contributed by atoms with van der Waals surface area (Å²) in [7, 11) is 1.75. The van der Waals surface area contributed by atoms with Crippen LogP contribution in [0, 0.1) is 5.41 Å². The van der Waals surface area contributed by atoms with Crippen molar-refractivity contribution in [1.82, 2.24) is 0 Å². The van der Waals surface area contributed by atoms with Gasteiger partial charge in [0.1, 0.15) is 0 Å². The molecule has 0 aromatic rings. The summed E-state index contributed by atoms with van der Waals surface area (Å²) in [6.45, 7) is 1.56. The van der Waals surface area contributed by atoms with Gasteiger partial charge in [-0.25, -0.2) is 0 Å². The average molecular weight is 185 g/mol. The highest BCUT2D eigenvalue weighted by Gasteiger charge is 2.50. The summed E-state index contributed by atoms with van der Waals surface area (Å²) < 4.78 is 11.0. The molecular formula is C10H19NO2. The normalized spacial score (nSPS) is 42.9. The second kappa shape index (κ2) is 3.56.